The molecule has 4 aromatic rings. The third-order valence-corrected chi connectivity index (χ3v) is 7.84. The van der Waals surface area contributed by atoms with Crippen molar-refractivity contribution in [3.63, 3.8) is 0 Å². The third kappa shape index (κ3) is 5.66. The van der Waals surface area contributed by atoms with E-state index < -0.39 is 10.0 Å². The number of rotatable bonds is 7. The third-order valence-electron chi connectivity index (χ3n) is 6.32. The zero-order chi connectivity index (χ0) is 25.9. The number of carbonyl (C=O) groups excluding carboxylic acids is 1. The van der Waals surface area contributed by atoms with E-state index in [9.17, 15) is 13.2 Å². The summed E-state index contributed by atoms with van der Waals surface area (Å²) >= 11 is 0. The first-order chi connectivity index (χ1) is 17.1. The molecule has 0 heterocycles. The number of sulfonamides is 1. The van der Waals surface area contributed by atoms with Crippen molar-refractivity contribution in [3.05, 3.63) is 130 Å². The van der Waals surface area contributed by atoms with Crippen LogP contribution in [0.25, 0.3) is 0 Å². The molecule has 1 atom stereocenters. The first kappa shape index (κ1) is 25.2. The molecule has 0 aliphatic heterocycles. The van der Waals surface area contributed by atoms with Crippen molar-refractivity contribution in [1.82, 2.24) is 5.32 Å². The van der Waals surface area contributed by atoms with Gasteiger partial charge in [-0.1, -0.05) is 72.3 Å². The highest BCUT2D eigenvalue weighted by molar-refractivity contribution is 7.92. The average Bonchev–Trinajstić information content (AvgIpc) is 2.86. The highest BCUT2D eigenvalue weighted by Gasteiger charge is 2.22. The lowest BCUT2D eigenvalue weighted by Gasteiger charge is -2.21. The molecule has 2 N–H and O–H groups in total. The van der Waals surface area contributed by atoms with E-state index in [0.29, 0.717) is 11.3 Å². The summed E-state index contributed by atoms with van der Waals surface area (Å²) in [5.74, 6) is -0.355. The van der Waals surface area contributed by atoms with Gasteiger partial charge in [0.05, 0.1) is 10.9 Å². The molecule has 0 unspecified atom stereocenters. The maximum absolute atomic E-state index is 13.4. The Morgan fingerprint density at radius 1 is 0.694 bits per heavy atom. The minimum atomic E-state index is -3.90. The van der Waals surface area contributed by atoms with Crippen LogP contribution in [0.4, 0.5) is 5.69 Å². The summed E-state index contributed by atoms with van der Waals surface area (Å²) in [6, 6.07) is 27.5. The van der Waals surface area contributed by atoms with Crippen LogP contribution in [0.3, 0.4) is 0 Å². The number of carbonyl (C=O) groups is 1. The summed E-state index contributed by atoms with van der Waals surface area (Å²) in [4.78, 5) is 13.4. The quantitative estimate of drug-likeness (QED) is 0.317. The van der Waals surface area contributed by atoms with Crippen molar-refractivity contribution in [3.8, 4) is 0 Å². The number of hydrogen-bond donors (Lipinski definition) is 2. The highest BCUT2D eigenvalue weighted by atomic mass is 32.2. The van der Waals surface area contributed by atoms with Crippen LogP contribution in [-0.2, 0) is 10.0 Å². The molecule has 4 rings (SSSR count). The van der Waals surface area contributed by atoms with Crippen molar-refractivity contribution in [2.75, 3.05) is 4.72 Å². The Bertz CT molecular complexity index is 1500. The molecule has 6 heteroatoms. The second-order valence-corrected chi connectivity index (χ2v) is 10.8. The van der Waals surface area contributed by atoms with Crippen LogP contribution in [0.5, 0.6) is 0 Å². The maximum Gasteiger partial charge on any atom is 0.262 e. The smallest absolute Gasteiger partial charge is 0.262 e. The van der Waals surface area contributed by atoms with Crippen LogP contribution in [0.2, 0.25) is 0 Å². The Kier molecular flexibility index (Phi) is 7.27. The maximum atomic E-state index is 13.4. The van der Waals surface area contributed by atoms with Crippen LogP contribution in [-0.4, -0.2) is 14.3 Å². The van der Waals surface area contributed by atoms with Crippen molar-refractivity contribution < 1.29 is 13.2 Å². The number of benzene rings is 4. The molecule has 0 radical (unpaired) electrons. The Morgan fingerprint density at radius 3 is 2.00 bits per heavy atom. The van der Waals surface area contributed by atoms with E-state index in [1.54, 1.807) is 31.2 Å². The van der Waals surface area contributed by atoms with Crippen molar-refractivity contribution in [2.24, 2.45) is 0 Å². The second-order valence-electron chi connectivity index (χ2n) is 9.11. The molecule has 0 aliphatic carbocycles. The fourth-order valence-electron chi connectivity index (χ4n) is 4.02. The van der Waals surface area contributed by atoms with Crippen molar-refractivity contribution in [2.45, 2.75) is 38.6 Å². The van der Waals surface area contributed by atoms with E-state index in [2.05, 4.69) is 10.0 Å². The summed E-state index contributed by atoms with van der Waals surface area (Å²) < 4.78 is 29.1. The van der Waals surface area contributed by atoms with Gasteiger partial charge in [0, 0.05) is 11.3 Å². The number of anilines is 1. The molecule has 0 aliphatic rings. The van der Waals surface area contributed by atoms with Gasteiger partial charge in [-0.25, -0.2) is 8.42 Å². The second kappa shape index (κ2) is 10.4. The first-order valence-electron chi connectivity index (χ1n) is 11.8. The summed E-state index contributed by atoms with van der Waals surface area (Å²) in [5.41, 5.74) is 6.38. The first-order valence-corrected chi connectivity index (χ1v) is 13.3. The molecule has 184 valence electrons. The van der Waals surface area contributed by atoms with Crippen molar-refractivity contribution in [1.29, 1.82) is 0 Å². The Morgan fingerprint density at radius 2 is 1.33 bits per heavy atom. The molecule has 36 heavy (non-hydrogen) atoms. The SMILES string of the molecule is Cc1ccc([C@H](NC(=O)c2ccc(C)c(S(=O)(=O)Nc3ccc(C)c(C)c3)c2)c2ccccc2)cc1. The van der Waals surface area contributed by atoms with Gasteiger partial charge in [0.25, 0.3) is 15.9 Å². The molecule has 5 nitrogen and oxygen atoms in total. The fraction of sp³-hybridized carbons (Fsp3) is 0.167. The van der Waals surface area contributed by atoms with Gasteiger partial charge in [-0.15, -0.1) is 0 Å². The number of amides is 1. The van der Waals surface area contributed by atoms with Gasteiger partial charge in [0.2, 0.25) is 0 Å². The molecule has 0 spiro atoms. The molecule has 0 bridgehead atoms. The molecular formula is C30H30N2O3S. The van der Waals surface area contributed by atoms with Crippen LogP contribution in [0.1, 0.15) is 49.8 Å². The van der Waals surface area contributed by atoms with E-state index in [4.69, 9.17) is 0 Å². The van der Waals surface area contributed by atoms with Crippen LogP contribution in [0, 0.1) is 27.7 Å². The minimum absolute atomic E-state index is 0.0694. The normalized spacial score (nSPS) is 12.1. The Hall–Kier alpha value is -3.90. The van der Waals surface area contributed by atoms with E-state index in [1.165, 1.54) is 6.07 Å². The molecule has 0 aromatic heterocycles. The predicted octanol–water partition coefficient (Wildman–Crippen LogP) is 6.24. The topological polar surface area (TPSA) is 75.3 Å². The van der Waals surface area contributed by atoms with Crippen molar-refractivity contribution >= 4 is 21.6 Å². The van der Waals surface area contributed by atoms with Gasteiger partial charge >= 0.3 is 0 Å². The van der Waals surface area contributed by atoms with Crippen LogP contribution in [0.15, 0.2) is 95.9 Å². The summed E-state index contributed by atoms with van der Waals surface area (Å²) in [7, 11) is -3.90. The highest BCUT2D eigenvalue weighted by Crippen LogP contribution is 2.25. The zero-order valence-corrected chi connectivity index (χ0v) is 21.7. The summed E-state index contributed by atoms with van der Waals surface area (Å²) in [6.07, 6.45) is 0. The Labute approximate surface area is 213 Å². The van der Waals surface area contributed by atoms with E-state index in [0.717, 1.165) is 27.8 Å². The lowest BCUT2D eigenvalue weighted by molar-refractivity contribution is 0.0942. The zero-order valence-electron chi connectivity index (χ0n) is 20.9. The minimum Gasteiger partial charge on any atom is -0.341 e. The van der Waals surface area contributed by atoms with Crippen LogP contribution < -0.4 is 10.0 Å². The molecule has 0 saturated carbocycles. The Balaban J connectivity index is 1.64. The molecular weight excluding hydrogens is 468 g/mol. The number of aryl methyl sites for hydroxylation is 4. The van der Waals surface area contributed by atoms with Gasteiger partial charge in [-0.2, -0.15) is 0 Å². The van der Waals surface area contributed by atoms with E-state index in [-0.39, 0.29) is 22.4 Å². The van der Waals surface area contributed by atoms with Gasteiger partial charge in [-0.3, -0.25) is 9.52 Å². The fourth-order valence-corrected chi connectivity index (χ4v) is 5.35. The summed E-state index contributed by atoms with van der Waals surface area (Å²) in [6.45, 7) is 7.63. The number of nitrogens with one attached hydrogen (secondary N) is 2. The van der Waals surface area contributed by atoms with Gasteiger partial charge in [0.15, 0.2) is 0 Å². The largest absolute Gasteiger partial charge is 0.341 e. The van der Waals surface area contributed by atoms with E-state index in [1.807, 2.05) is 81.4 Å². The average molecular weight is 499 g/mol. The van der Waals surface area contributed by atoms with E-state index >= 15 is 0 Å². The molecule has 4 aromatic carbocycles. The predicted molar refractivity (Wildman–Crippen MR) is 145 cm³/mol. The molecule has 0 fully saturated rings. The summed E-state index contributed by atoms with van der Waals surface area (Å²) in [5, 5.41) is 3.09. The van der Waals surface area contributed by atoms with Gasteiger partial charge < -0.3 is 5.32 Å². The monoisotopic (exact) mass is 498 g/mol. The van der Waals surface area contributed by atoms with Gasteiger partial charge in [-0.05, 0) is 79.8 Å². The number of hydrogen-bond acceptors (Lipinski definition) is 3. The van der Waals surface area contributed by atoms with Gasteiger partial charge in [0.1, 0.15) is 0 Å². The van der Waals surface area contributed by atoms with Crippen LogP contribution >= 0.6 is 0 Å². The molecule has 0 saturated heterocycles. The lowest BCUT2D eigenvalue weighted by Crippen LogP contribution is -2.29. The lowest BCUT2D eigenvalue weighted by atomic mass is 9.97. The molecule has 1 amide bonds. The standard InChI is InChI=1S/C30H30N2O3S/c1-20-10-14-25(15-11-20)29(24-8-6-5-7-9-24)31-30(33)26-16-12-22(3)28(19-26)36(34,35)32-27-17-13-21(2)23(4)18-27/h5-19,29,32H,1-4H3,(H,31,33)/t29-/m1/s1.